The van der Waals surface area contributed by atoms with Crippen molar-refractivity contribution in [2.75, 3.05) is 26.3 Å². The lowest BCUT2D eigenvalue weighted by molar-refractivity contribution is -0.00252. The van der Waals surface area contributed by atoms with Crippen LogP contribution in [0.4, 0.5) is 0 Å². The van der Waals surface area contributed by atoms with E-state index in [2.05, 4.69) is 31.1 Å². The monoisotopic (exact) mass is 294 g/mol. The molecule has 1 unspecified atom stereocenters. The SMILES string of the molecule is CC(C)(C)c1nc(CN2CCC3(CCCOC3)C2)cs1. The van der Waals surface area contributed by atoms with Gasteiger partial charge < -0.3 is 4.74 Å². The Bertz CT molecular complexity index is 457. The van der Waals surface area contributed by atoms with Crippen molar-refractivity contribution >= 4 is 11.3 Å². The Kier molecular flexibility index (Phi) is 3.91. The third-order valence-corrected chi connectivity index (χ3v) is 5.82. The number of rotatable bonds is 2. The molecule has 2 saturated heterocycles. The van der Waals surface area contributed by atoms with Gasteiger partial charge in [-0.2, -0.15) is 0 Å². The van der Waals surface area contributed by atoms with Gasteiger partial charge in [0.05, 0.1) is 17.3 Å². The molecular formula is C16H26N2OS. The van der Waals surface area contributed by atoms with Gasteiger partial charge in [0.2, 0.25) is 0 Å². The molecule has 0 aliphatic carbocycles. The van der Waals surface area contributed by atoms with Gasteiger partial charge in [0.1, 0.15) is 0 Å². The molecule has 3 heterocycles. The van der Waals surface area contributed by atoms with Crippen molar-refractivity contribution in [1.82, 2.24) is 9.88 Å². The van der Waals surface area contributed by atoms with Gasteiger partial charge in [-0.05, 0) is 25.8 Å². The third kappa shape index (κ3) is 3.07. The number of hydrogen-bond acceptors (Lipinski definition) is 4. The molecule has 1 aromatic rings. The first kappa shape index (κ1) is 14.5. The van der Waals surface area contributed by atoms with E-state index < -0.39 is 0 Å². The van der Waals surface area contributed by atoms with Crippen LogP contribution < -0.4 is 0 Å². The Morgan fingerprint density at radius 3 is 2.90 bits per heavy atom. The zero-order valence-corrected chi connectivity index (χ0v) is 13.8. The van der Waals surface area contributed by atoms with Crippen molar-refractivity contribution in [2.45, 2.75) is 52.0 Å². The molecule has 3 rings (SSSR count). The molecule has 0 N–H and O–H groups in total. The fourth-order valence-electron chi connectivity index (χ4n) is 3.35. The Morgan fingerprint density at radius 1 is 1.40 bits per heavy atom. The first-order valence-electron chi connectivity index (χ1n) is 7.72. The highest BCUT2D eigenvalue weighted by atomic mass is 32.1. The summed E-state index contributed by atoms with van der Waals surface area (Å²) in [5, 5.41) is 3.49. The van der Waals surface area contributed by atoms with Gasteiger partial charge in [0.15, 0.2) is 0 Å². The van der Waals surface area contributed by atoms with E-state index in [0.717, 1.165) is 19.8 Å². The van der Waals surface area contributed by atoms with E-state index in [1.54, 1.807) is 11.3 Å². The molecule has 2 aliphatic rings. The molecule has 0 aromatic carbocycles. The number of thiazole rings is 1. The minimum Gasteiger partial charge on any atom is -0.381 e. The first-order chi connectivity index (χ1) is 9.47. The molecule has 0 bridgehead atoms. The smallest absolute Gasteiger partial charge is 0.0982 e. The summed E-state index contributed by atoms with van der Waals surface area (Å²) < 4.78 is 5.71. The first-order valence-corrected chi connectivity index (χ1v) is 8.60. The van der Waals surface area contributed by atoms with Crippen LogP contribution in [0.5, 0.6) is 0 Å². The van der Waals surface area contributed by atoms with E-state index in [9.17, 15) is 0 Å². The number of nitrogens with zero attached hydrogens (tertiary/aromatic N) is 2. The minimum absolute atomic E-state index is 0.173. The molecule has 3 nitrogen and oxygen atoms in total. The van der Waals surface area contributed by atoms with Gasteiger partial charge in [-0.25, -0.2) is 4.98 Å². The maximum Gasteiger partial charge on any atom is 0.0982 e. The number of likely N-dealkylation sites (tertiary alicyclic amines) is 1. The van der Waals surface area contributed by atoms with Crippen molar-refractivity contribution in [3.8, 4) is 0 Å². The lowest BCUT2D eigenvalue weighted by Crippen LogP contribution is -2.34. The van der Waals surface area contributed by atoms with Crippen LogP contribution in [0.2, 0.25) is 0 Å². The van der Waals surface area contributed by atoms with Gasteiger partial charge in [-0.3, -0.25) is 4.90 Å². The van der Waals surface area contributed by atoms with Crippen LogP contribution >= 0.6 is 11.3 Å². The quantitative estimate of drug-likeness (QED) is 0.835. The third-order valence-electron chi connectivity index (χ3n) is 4.50. The van der Waals surface area contributed by atoms with Crippen molar-refractivity contribution < 1.29 is 4.74 Å². The fraction of sp³-hybridized carbons (Fsp3) is 0.812. The molecule has 1 spiro atoms. The standard InChI is InChI=1S/C16H26N2OS/c1-15(2,3)14-17-13(10-20-14)9-18-7-6-16(11-18)5-4-8-19-12-16/h10H,4-9,11-12H2,1-3H3. The normalized spacial score (nSPS) is 28.4. The molecule has 112 valence electrons. The molecule has 2 aliphatic heterocycles. The molecule has 4 heteroatoms. The predicted octanol–water partition coefficient (Wildman–Crippen LogP) is 3.44. The van der Waals surface area contributed by atoms with Gasteiger partial charge in [-0.15, -0.1) is 11.3 Å². The summed E-state index contributed by atoms with van der Waals surface area (Å²) in [7, 11) is 0. The van der Waals surface area contributed by atoms with Crippen LogP contribution in [0.1, 0.15) is 50.7 Å². The Hall–Kier alpha value is -0.450. The topological polar surface area (TPSA) is 25.4 Å². The summed E-state index contributed by atoms with van der Waals surface area (Å²) in [5.74, 6) is 0. The van der Waals surface area contributed by atoms with Crippen LogP contribution in [0.3, 0.4) is 0 Å². The Balaban J connectivity index is 1.60. The highest BCUT2D eigenvalue weighted by molar-refractivity contribution is 7.09. The predicted molar refractivity (Wildman–Crippen MR) is 83.2 cm³/mol. The fourth-order valence-corrected chi connectivity index (χ4v) is 4.25. The second-order valence-corrected chi connectivity index (χ2v) is 8.37. The average Bonchev–Trinajstić information content (AvgIpc) is 2.99. The van der Waals surface area contributed by atoms with Gasteiger partial charge in [-0.1, -0.05) is 20.8 Å². The molecule has 0 amide bonds. The largest absolute Gasteiger partial charge is 0.381 e. The van der Waals surface area contributed by atoms with Crippen LogP contribution in [0.15, 0.2) is 5.38 Å². The van der Waals surface area contributed by atoms with Crippen LogP contribution in [-0.4, -0.2) is 36.2 Å². The highest BCUT2D eigenvalue weighted by Gasteiger charge is 2.39. The maximum atomic E-state index is 5.71. The van der Waals surface area contributed by atoms with Gasteiger partial charge in [0, 0.05) is 35.9 Å². The summed E-state index contributed by atoms with van der Waals surface area (Å²) in [6.45, 7) is 12.0. The van der Waals surface area contributed by atoms with Crippen molar-refractivity contribution in [3.63, 3.8) is 0 Å². The van der Waals surface area contributed by atoms with Crippen molar-refractivity contribution in [3.05, 3.63) is 16.1 Å². The van der Waals surface area contributed by atoms with Crippen LogP contribution in [-0.2, 0) is 16.7 Å². The van der Waals surface area contributed by atoms with E-state index >= 15 is 0 Å². The van der Waals surface area contributed by atoms with E-state index in [1.165, 1.54) is 43.1 Å². The molecule has 1 aromatic heterocycles. The summed E-state index contributed by atoms with van der Waals surface area (Å²) >= 11 is 1.80. The average molecular weight is 294 g/mol. The summed E-state index contributed by atoms with van der Waals surface area (Å²) in [5.41, 5.74) is 1.86. The van der Waals surface area contributed by atoms with Gasteiger partial charge >= 0.3 is 0 Å². The summed E-state index contributed by atoms with van der Waals surface area (Å²) in [6, 6.07) is 0. The molecular weight excluding hydrogens is 268 g/mol. The number of aromatic nitrogens is 1. The molecule has 2 fully saturated rings. The second kappa shape index (κ2) is 5.39. The lowest BCUT2D eigenvalue weighted by Gasteiger charge is -2.33. The second-order valence-electron chi connectivity index (χ2n) is 7.51. The maximum absolute atomic E-state index is 5.71. The van der Waals surface area contributed by atoms with Crippen molar-refractivity contribution in [2.24, 2.45) is 5.41 Å². The van der Waals surface area contributed by atoms with E-state index in [1.807, 2.05) is 0 Å². The molecule has 1 atom stereocenters. The highest BCUT2D eigenvalue weighted by Crippen LogP contribution is 2.38. The van der Waals surface area contributed by atoms with E-state index in [0.29, 0.717) is 5.41 Å². The van der Waals surface area contributed by atoms with E-state index in [4.69, 9.17) is 9.72 Å². The zero-order valence-electron chi connectivity index (χ0n) is 12.9. The molecule has 0 saturated carbocycles. The molecule has 20 heavy (non-hydrogen) atoms. The Morgan fingerprint density at radius 2 is 2.25 bits per heavy atom. The summed E-state index contributed by atoms with van der Waals surface area (Å²) in [6.07, 6.45) is 3.87. The zero-order chi connectivity index (χ0) is 14.2. The van der Waals surface area contributed by atoms with Crippen LogP contribution in [0.25, 0.3) is 0 Å². The minimum atomic E-state index is 0.173. The van der Waals surface area contributed by atoms with Gasteiger partial charge in [0.25, 0.3) is 0 Å². The summed E-state index contributed by atoms with van der Waals surface area (Å²) in [4.78, 5) is 7.39. The van der Waals surface area contributed by atoms with E-state index in [-0.39, 0.29) is 5.41 Å². The number of ether oxygens (including phenoxy) is 1. The van der Waals surface area contributed by atoms with Crippen LogP contribution in [0, 0.1) is 5.41 Å². The van der Waals surface area contributed by atoms with Crippen molar-refractivity contribution in [1.29, 1.82) is 0 Å². The lowest BCUT2D eigenvalue weighted by atomic mass is 9.82. The molecule has 0 radical (unpaired) electrons. The Labute approximate surface area is 126 Å². The number of hydrogen-bond donors (Lipinski definition) is 0.